The van der Waals surface area contributed by atoms with Crippen molar-refractivity contribution in [1.29, 1.82) is 0 Å². The lowest BCUT2D eigenvalue weighted by atomic mass is 10.1. The Labute approximate surface area is 234 Å². The predicted molar refractivity (Wildman–Crippen MR) is 151 cm³/mol. The van der Waals surface area contributed by atoms with E-state index in [1.165, 1.54) is 41.3 Å². The molecule has 0 saturated heterocycles. The number of sulfonamides is 1. The molecular weight excluding hydrogens is 541 g/mol. The Hall–Kier alpha value is -3.43. The average molecular weight is 574 g/mol. The van der Waals surface area contributed by atoms with Gasteiger partial charge in [-0.1, -0.05) is 48.0 Å². The van der Waals surface area contributed by atoms with Gasteiger partial charge in [-0.15, -0.1) is 0 Å². The minimum Gasteiger partial charge on any atom is -0.350 e. The highest BCUT2D eigenvalue weighted by atomic mass is 35.5. The molecule has 0 saturated carbocycles. The topological polar surface area (TPSA) is 86.8 Å². The van der Waals surface area contributed by atoms with E-state index >= 15 is 0 Å². The summed E-state index contributed by atoms with van der Waals surface area (Å²) in [6.45, 7) is 8.08. The Morgan fingerprint density at radius 1 is 0.974 bits per heavy atom. The van der Waals surface area contributed by atoms with Gasteiger partial charge in [-0.05, 0) is 82.1 Å². The molecule has 1 N–H and O–H groups in total. The van der Waals surface area contributed by atoms with Crippen LogP contribution in [0, 0.1) is 12.7 Å². The first-order valence-corrected chi connectivity index (χ1v) is 14.2. The molecule has 0 aliphatic rings. The van der Waals surface area contributed by atoms with Gasteiger partial charge in [0, 0.05) is 17.1 Å². The van der Waals surface area contributed by atoms with Gasteiger partial charge in [0.15, 0.2) is 0 Å². The molecule has 0 aromatic heterocycles. The lowest BCUT2D eigenvalue weighted by molar-refractivity contribution is -0.140. The molecule has 1 unspecified atom stereocenters. The third-order valence-corrected chi connectivity index (χ3v) is 8.23. The Kier molecular flexibility index (Phi) is 9.40. The summed E-state index contributed by atoms with van der Waals surface area (Å²) >= 11 is 6.33. The van der Waals surface area contributed by atoms with Gasteiger partial charge >= 0.3 is 0 Å². The number of halogens is 2. The van der Waals surface area contributed by atoms with E-state index in [0.29, 0.717) is 16.1 Å². The normalized spacial score (nSPS) is 12.5. The molecule has 3 aromatic rings. The third-order valence-electron chi connectivity index (χ3n) is 6.05. The van der Waals surface area contributed by atoms with Crippen molar-refractivity contribution in [2.24, 2.45) is 0 Å². The zero-order valence-electron chi connectivity index (χ0n) is 22.6. The Morgan fingerprint density at radius 2 is 1.59 bits per heavy atom. The van der Waals surface area contributed by atoms with Crippen molar-refractivity contribution in [3.05, 3.63) is 94.8 Å². The molecular formula is C29H33ClFN3O4S. The van der Waals surface area contributed by atoms with Gasteiger partial charge in [-0.2, -0.15) is 0 Å². The molecule has 2 amide bonds. The average Bonchev–Trinajstić information content (AvgIpc) is 2.87. The number of benzene rings is 3. The number of anilines is 1. The predicted octanol–water partition coefficient (Wildman–Crippen LogP) is 5.31. The van der Waals surface area contributed by atoms with Crippen LogP contribution in [0.15, 0.2) is 77.7 Å². The smallest absolute Gasteiger partial charge is 0.264 e. The van der Waals surface area contributed by atoms with Gasteiger partial charge in [-0.3, -0.25) is 13.9 Å². The number of carbonyl (C=O) groups excluding carboxylic acids is 2. The Balaban J connectivity index is 2.06. The maximum Gasteiger partial charge on any atom is 0.264 e. The van der Waals surface area contributed by atoms with Crippen molar-refractivity contribution in [2.75, 3.05) is 10.8 Å². The molecule has 0 spiro atoms. The minimum absolute atomic E-state index is 0.000726. The third kappa shape index (κ3) is 7.58. The van der Waals surface area contributed by atoms with Gasteiger partial charge in [0.25, 0.3) is 10.0 Å². The molecule has 0 heterocycles. The number of nitrogens with one attached hydrogen (secondary N) is 1. The highest BCUT2D eigenvalue weighted by Gasteiger charge is 2.34. The van der Waals surface area contributed by atoms with Crippen LogP contribution in [0.3, 0.4) is 0 Å². The van der Waals surface area contributed by atoms with Crippen LogP contribution < -0.4 is 9.62 Å². The Morgan fingerprint density at radius 3 is 2.18 bits per heavy atom. The molecule has 3 rings (SSSR count). The van der Waals surface area contributed by atoms with Crippen LogP contribution >= 0.6 is 11.6 Å². The molecule has 0 bridgehead atoms. The quantitative estimate of drug-likeness (QED) is 0.376. The lowest BCUT2D eigenvalue weighted by Crippen LogP contribution is -2.54. The summed E-state index contributed by atoms with van der Waals surface area (Å²) < 4.78 is 42.2. The molecule has 0 radical (unpaired) electrons. The molecule has 0 aliphatic heterocycles. The molecule has 0 aliphatic carbocycles. The number of carbonyl (C=O) groups is 2. The van der Waals surface area contributed by atoms with Crippen LogP contribution in [0.5, 0.6) is 0 Å². The zero-order chi connectivity index (χ0) is 29.0. The second-order valence-corrected chi connectivity index (χ2v) is 12.5. The molecule has 0 fully saturated rings. The highest BCUT2D eigenvalue weighted by Crippen LogP contribution is 2.31. The van der Waals surface area contributed by atoms with Crippen molar-refractivity contribution < 1.29 is 22.4 Å². The van der Waals surface area contributed by atoms with E-state index in [1.54, 1.807) is 50.2 Å². The highest BCUT2D eigenvalue weighted by molar-refractivity contribution is 7.92. The number of hydrogen-bond acceptors (Lipinski definition) is 4. The van der Waals surface area contributed by atoms with Crippen molar-refractivity contribution in [2.45, 2.75) is 57.6 Å². The summed E-state index contributed by atoms with van der Waals surface area (Å²) in [7, 11) is -4.20. The van der Waals surface area contributed by atoms with E-state index in [2.05, 4.69) is 5.32 Å². The van der Waals surface area contributed by atoms with E-state index in [4.69, 9.17) is 11.6 Å². The number of nitrogens with zero attached hydrogens (tertiary/aromatic N) is 2. The van der Waals surface area contributed by atoms with Crippen molar-refractivity contribution in [3.63, 3.8) is 0 Å². The van der Waals surface area contributed by atoms with E-state index in [0.717, 1.165) is 4.31 Å². The Bertz CT molecular complexity index is 1430. The summed E-state index contributed by atoms with van der Waals surface area (Å²) in [5.74, 6) is -1.46. The first kappa shape index (κ1) is 30.1. The second kappa shape index (κ2) is 12.2. The van der Waals surface area contributed by atoms with E-state index < -0.39 is 45.8 Å². The fraction of sp³-hybridized carbons (Fsp3) is 0.310. The van der Waals surface area contributed by atoms with E-state index in [-0.39, 0.29) is 17.1 Å². The fourth-order valence-corrected chi connectivity index (χ4v) is 5.60. The van der Waals surface area contributed by atoms with Crippen LogP contribution in [-0.2, 0) is 26.2 Å². The molecule has 208 valence electrons. The second-order valence-electron chi connectivity index (χ2n) is 10.3. The monoisotopic (exact) mass is 573 g/mol. The lowest BCUT2D eigenvalue weighted by Gasteiger charge is -2.34. The summed E-state index contributed by atoms with van der Waals surface area (Å²) in [6.07, 6.45) is 0. The van der Waals surface area contributed by atoms with Gasteiger partial charge in [-0.25, -0.2) is 12.8 Å². The first-order chi connectivity index (χ1) is 18.2. The van der Waals surface area contributed by atoms with Crippen LogP contribution in [0.2, 0.25) is 5.02 Å². The molecule has 39 heavy (non-hydrogen) atoms. The van der Waals surface area contributed by atoms with Gasteiger partial charge in [0.05, 0.1) is 10.6 Å². The van der Waals surface area contributed by atoms with Crippen molar-refractivity contribution in [3.8, 4) is 0 Å². The molecule has 1 atom stereocenters. The zero-order valence-corrected chi connectivity index (χ0v) is 24.2. The maximum atomic E-state index is 13.9. The summed E-state index contributed by atoms with van der Waals surface area (Å²) in [5.41, 5.74) is 0.746. The summed E-state index contributed by atoms with van der Waals surface area (Å²) in [4.78, 5) is 28.3. The number of hydrogen-bond donors (Lipinski definition) is 1. The molecule has 3 aromatic carbocycles. The molecule has 10 heteroatoms. The fourth-order valence-electron chi connectivity index (χ4n) is 3.94. The number of amides is 2. The minimum atomic E-state index is -4.20. The number of rotatable bonds is 9. The maximum absolute atomic E-state index is 13.9. The summed E-state index contributed by atoms with van der Waals surface area (Å²) in [5, 5.41) is 3.21. The first-order valence-electron chi connectivity index (χ1n) is 12.4. The standard InChI is InChI=1S/C29H33ClFN3O4S/c1-20-25(30)12-9-13-26(20)34(39(37,38)24-10-7-6-8-11-24)19-27(35)33(18-22-14-16-23(31)17-15-22)21(2)28(36)32-29(3,4)5/h6-17,21H,18-19H2,1-5H3,(H,32,36). The largest absolute Gasteiger partial charge is 0.350 e. The van der Waals surface area contributed by atoms with Crippen molar-refractivity contribution >= 4 is 39.1 Å². The van der Waals surface area contributed by atoms with Crippen molar-refractivity contribution in [1.82, 2.24) is 10.2 Å². The van der Waals surface area contributed by atoms with E-state index in [9.17, 15) is 22.4 Å². The van der Waals surface area contributed by atoms with Crippen LogP contribution in [0.4, 0.5) is 10.1 Å². The van der Waals surface area contributed by atoms with Crippen LogP contribution in [0.1, 0.15) is 38.8 Å². The van der Waals surface area contributed by atoms with Gasteiger partial charge < -0.3 is 10.2 Å². The van der Waals surface area contributed by atoms with Gasteiger partial charge in [0.1, 0.15) is 18.4 Å². The van der Waals surface area contributed by atoms with Crippen LogP contribution in [-0.4, -0.2) is 43.3 Å². The summed E-state index contributed by atoms with van der Waals surface area (Å²) in [6, 6.07) is 17.2. The SMILES string of the molecule is Cc1c(Cl)cccc1N(CC(=O)N(Cc1ccc(F)cc1)C(C)C(=O)NC(C)(C)C)S(=O)(=O)c1ccccc1. The molecule has 7 nitrogen and oxygen atoms in total. The van der Waals surface area contributed by atoms with E-state index in [1.807, 2.05) is 20.8 Å². The van der Waals surface area contributed by atoms with Gasteiger partial charge in [0.2, 0.25) is 11.8 Å². The van der Waals surface area contributed by atoms with Crippen LogP contribution in [0.25, 0.3) is 0 Å².